The molecular weight excluding hydrogens is 329 g/mol. The molecular formula is C17H12FN3O2S. The monoisotopic (exact) mass is 341 g/mol. The van der Waals surface area contributed by atoms with Gasteiger partial charge in [-0.25, -0.2) is 9.37 Å². The van der Waals surface area contributed by atoms with Crippen LogP contribution in [0, 0.1) is 5.82 Å². The fourth-order valence-corrected chi connectivity index (χ4v) is 2.59. The molecule has 0 saturated carbocycles. The second kappa shape index (κ2) is 7.01. The first-order chi connectivity index (χ1) is 11.6. The first-order valence-electron chi connectivity index (χ1n) is 7.00. The number of thiazole rings is 1. The van der Waals surface area contributed by atoms with Crippen LogP contribution < -0.4 is 10.6 Å². The van der Waals surface area contributed by atoms with Crippen molar-refractivity contribution in [1.29, 1.82) is 0 Å². The number of benzene rings is 2. The Labute approximate surface area is 141 Å². The maximum Gasteiger partial charge on any atom is 0.259 e. The van der Waals surface area contributed by atoms with Crippen LogP contribution in [0.2, 0.25) is 0 Å². The second-order valence-corrected chi connectivity index (χ2v) is 5.70. The first-order valence-corrected chi connectivity index (χ1v) is 7.88. The highest BCUT2D eigenvalue weighted by Crippen LogP contribution is 2.19. The molecule has 0 unspecified atom stereocenters. The average Bonchev–Trinajstić information content (AvgIpc) is 3.08. The van der Waals surface area contributed by atoms with E-state index in [0.717, 1.165) is 6.07 Å². The summed E-state index contributed by atoms with van der Waals surface area (Å²) in [6.45, 7) is 0. The number of aromatic nitrogens is 1. The van der Waals surface area contributed by atoms with Crippen LogP contribution >= 0.6 is 11.3 Å². The first kappa shape index (κ1) is 15.8. The zero-order valence-electron chi connectivity index (χ0n) is 12.3. The van der Waals surface area contributed by atoms with Crippen LogP contribution in [0.25, 0.3) is 0 Å². The van der Waals surface area contributed by atoms with Crippen LogP contribution in [0.3, 0.4) is 0 Å². The van der Waals surface area contributed by atoms with Gasteiger partial charge in [0.2, 0.25) is 0 Å². The lowest BCUT2D eigenvalue weighted by atomic mass is 10.1. The molecule has 2 N–H and O–H groups in total. The molecule has 120 valence electrons. The molecule has 1 aromatic heterocycles. The predicted octanol–water partition coefficient (Wildman–Crippen LogP) is 3.79. The van der Waals surface area contributed by atoms with E-state index in [1.54, 1.807) is 35.8 Å². The molecule has 2 amide bonds. The van der Waals surface area contributed by atoms with Gasteiger partial charge in [-0.05, 0) is 30.3 Å². The summed E-state index contributed by atoms with van der Waals surface area (Å²) in [5, 5.41) is 7.50. The molecule has 0 spiro atoms. The summed E-state index contributed by atoms with van der Waals surface area (Å²) in [5.74, 6) is -1.39. The third-order valence-electron chi connectivity index (χ3n) is 3.16. The van der Waals surface area contributed by atoms with Crippen LogP contribution in [-0.4, -0.2) is 16.8 Å². The van der Waals surface area contributed by atoms with E-state index >= 15 is 0 Å². The van der Waals surface area contributed by atoms with Gasteiger partial charge in [0, 0.05) is 17.1 Å². The van der Waals surface area contributed by atoms with Gasteiger partial charge < -0.3 is 5.32 Å². The molecule has 1 heterocycles. The fourth-order valence-electron chi connectivity index (χ4n) is 2.06. The van der Waals surface area contributed by atoms with Crippen LogP contribution in [-0.2, 0) is 0 Å². The molecule has 0 atom stereocenters. The highest BCUT2D eigenvalue weighted by atomic mass is 32.1. The van der Waals surface area contributed by atoms with E-state index in [-0.39, 0.29) is 17.0 Å². The summed E-state index contributed by atoms with van der Waals surface area (Å²) < 4.78 is 13.2. The highest BCUT2D eigenvalue weighted by molar-refractivity contribution is 7.13. The Morgan fingerprint density at radius 2 is 1.83 bits per heavy atom. The maximum atomic E-state index is 13.2. The fraction of sp³-hybridized carbons (Fsp3) is 0. The smallest absolute Gasteiger partial charge is 0.259 e. The zero-order valence-corrected chi connectivity index (χ0v) is 13.1. The molecule has 5 nitrogen and oxygen atoms in total. The molecule has 3 aromatic rings. The summed E-state index contributed by atoms with van der Waals surface area (Å²) in [6.07, 6.45) is 1.58. The molecule has 24 heavy (non-hydrogen) atoms. The third-order valence-corrected chi connectivity index (χ3v) is 3.85. The molecule has 0 fully saturated rings. The van der Waals surface area contributed by atoms with E-state index in [1.807, 2.05) is 0 Å². The normalized spacial score (nSPS) is 10.2. The van der Waals surface area contributed by atoms with Crippen molar-refractivity contribution in [2.75, 3.05) is 10.6 Å². The SMILES string of the molecule is O=C(Nc1ccccc1C(=O)Nc1nccs1)c1cccc(F)c1. The van der Waals surface area contributed by atoms with E-state index in [0.29, 0.717) is 10.8 Å². The van der Waals surface area contributed by atoms with E-state index in [2.05, 4.69) is 15.6 Å². The summed E-state index contributed by atoms with van der Waals surface area (Å²) in [6, 6.07) is 11.9. The second-order valence-electron chi connectivity index (χ2n) is 4.80. The van der Waals surface area contributed by atoms with Gasteiger partial charge in [0.05, 0.1) is 11.3 Å². The number of hydrogen-bond acceptors (Lipinski definition) is 4. The zero-order chi connectivity index (χ0) is 16.9. The van der Waals surface area contributed by atoms with Gasteiger partial charge >= 0.3 is 0 Å². The lowest BCUT2D eigenvalue weighted by Gasteiger charge is -2.10. The Morgan fingerprint density at radius 3 is 2.58 bits per heavy atom. The minimum Gasteiger partial charge on any atom is -0.321 e. The Kier molecular flexibility index (Phi) is 4.62. The number of halogens is 1. The van der Waals surface area contributed by atoms with E-state index in [4.69, 9.17) is 0 Å². The molecule has 3 rings (SSSR count). The molecule has 0 aliphatic carbocycles. The standard InChI is InChI=1S/C17H12FN3O2S/c18-12-5-3-4-11(10-12)15(22)20-14-7-2-1-6-13(14)16(23)21-17-19-8-9-24-17/h1-10H,(H,20,22)(H,19,21,23). The number of para-hydroxylation sites is 1. The Morgan fingerprint density at radius 1 is 1.00 bits per heavy atom. The number of amides is 2. The number of carbonyl (C=O) groups excluding carboxylic acids is 2. The van der Waals surface area contributed by atoms with Crippen molar-refractivity contribution in [2.24, 2.45) is 0 Å². The van der Waals surface area contributed by atoms with Crippen LogP contribution in [0.5, 0.6) is 0 Å². The van der Waals surface area contributed by atoms with Crippen LogP contribution in [0.4, 0.5) is 15.2 Å². The minimum absolute atomic E-state index is 0.171. The molecule has 2 aromatic carbocycles. The number of nitrogens with zero attached hydrogens (tertiary/aromatic N) is 1. The number of anilines is 2. The van der Waals surface area contributed by atoms with Gasteiger partial charge in [-0.1, -0.05) is 18.2 Å². The van der Waals surface area contributed by atoms with Gasteiger partial charge in [0.25, 0.3) is 11.8 Å². The molecule has 0 radical (unpaired) electrons. The summed E-state index contributed by atoms with van der Waals surface area (Å²) in [5.41, 5.74) is 0.795. The maximum absolute atomic E-state index is 13.2. The minimum atomic E-state index is -0.502. The van der Waals surface area contributed by atoms with Crippen molar-refractivity contribution >= 4 is 34.0 Å². The van der Waals surface area contributed by atoms with Crippen molar-refractivity contribution < 1.29 is 14.0 Å². The topological polar surface area (TPSA) is 71.1 Å². The Bertz CT molecular complexity index is 881. The van der Waals surface area contributed by atoms with Gasteiger partial charge in [0.15, 0.2) is 5.13 Å². The van der Waals surface area contributed by atoms with E-state index < -0.39 is 11.7 Å². The van der Waals surface area contributed by atoms with E-state index in [9.17, 15) is 14.0 Å². The largest absolute Gasteiger partial charge is 0.321 e. The molecule has 7 heteroatoms. The summed E-state index contributed by atoms with van der Waals surface area (Å²) >= 11 is 1.29. The molecule has 0 aliphatic heterocycles. The van der Waals surface area contributed by atoms with E-state index in [1.165, 1.54) is 29.5 Å². The summed E-state index contributed by atoms with van der Waals surface area (Å²) in [7, 11) is 0. The third kappa shape index (κ3) is 3.64. The Hall–Kier alpha value is -3.06. The number of carbonyl (C=O) groups is 2. The Balaban J connectivity index is 1.81. The highest BCUT2D eigenvalue weighted by Gasteiger charge is 2.15. The molecule has 0 saturated heterocycles. The van der Waals surface area contributed by atoms with Crippen molar-refractivity contribution in [2.45, 2.75) is 0 Å². The number of nitrogens with one attached hydrogen (secondary N) is 2. The quantitative estimate of drug-likeness (QED) is 0.758. The van der Waals surface area contributed by atoms with Crippen molar-refractivity contribution in [3.63, 3.8) is 0 Å². The number of rotatable bonds is 4. The molecule has 0 aliphatic rings. The van der Waals surface area contributed by atoms with Gasteiger partial charge in [-0.3, -0.25) is 14.9 Å². The van der Waals surface area contributed by atoms with Gasteiger partial charge in [-0.15, -0.1) is 11.3 Å². The lowest BCUT2D eigenvalue weighted by molar-refractivity contribution is 0.102. The van der Waals surface area contributed by atoms with Gasteiger partial charge in [0.1, 0.15) is 5.82 Å². The lowest BCUT2D eigenvalue weighted by Crippen LogP contribution is -2.18. The van der Waals surface area contributed by atoms with Crippen molar-refractivity contribution in [3.05, 3.63) is 77.1 Å². The number of hydrogen-bond donors (Lipinski definition) is 2. The van der Waals surface area contributed by atoms with Crippen molar-refractivity contribution in [1.82, 2.24) is 4.98 Å². The molecule has 0 bridgehead atoms. The van der Waals surface area contributed by atoms with Gasteiger partial charge in [-0.2, -0.15) is 0 Å². The van der Waals surface area contributed by atoms with Crippen LogP contribution in [0.15, 0.2) is 60.1 Å². The predicted molar refractivity (Wildman–Crippen MR) is 90.9 cm³/mol. The van der Waals surface area contributed by atoms with Crippen LogP contribution in [0.1, 0.15) is 20.7 Å². The van der Waals surface area contributed by atoms with Crippen molar-refractivity contribution in [3.8, 4) is 0 Å². The average molecular weight is 341 g/mol. The summed E-state index contributed by atoms with van der Waals surface area (Å²) in [4.78, 5) is 28.6.